The molecule has 228 valence electrons. The van der Waals surface area contributed by atoms with Gasteiger partial charge in [0.05, 0.1) is 45.1 Å². The SMILES string of the molecule is NC(=O)c1ccc(NC(=O)[C@H](C[C@@H]2COCCO2)n2cc3c(cc2=O)-c2cc(Cl)ccc2C[C@@H](CC(F)(F)F)OC3)cc1. The van der Waals surface area contributed by atoms with Gasteiger partial charge in [-0.1, -0.05) is 17.7 Å². The minimum atomic E-state index is -4.45. The topological polar surface area (TPSA) is 122 Å². The van der Waals surface area contributed by atoms with Crippen LogP contribution in [-0.2, 0) is 32.0 Å². The van der Waals surface area contributed by atoms with Crippen LogP contribution in [0.3, 0.4) is 0 Å². The lowest BCUT2D eigenvalue weighted by Crippen LogP contribution is -2.39. The van der Waals surface area contributed by atoms with E-state index in [-0.39, 0.29) is 31.6 Å². The second-order valence-corrected chi connectivity index (χ2v) is 10.9. The number of halogens is 4. The number of pyridine rings is 1. The smallest absolute Gasteiger partial charge is 0.376 e. The van der Waals surface area contributed by atoms with E-state index in [1.54, 1.807) is 18.2 Å². The normalized spacial score (nSPS) is 19.3. The second kappa shape index (κ2) is 12.9. The summed E-state index contributed by atoms with van der Waals surface area (Å²) in [6.07, 6.45) is -5.76. The maximum Gasteiger partial charge on any atom is 0.391 e. The van der Waals surface area contributed by atoms with Gasteiger partial charge in [-0.2, -0.15) is 13.2 Å². The number of fused-ring (bicyclic) bond motifs is 3. The molecule has 0 unspecified atom stereocenters. The number of hydrogen-bond donors (Lipinski definition) is 2. The molecule has 0 spiro atoms. The zero-order valence-corrected chi connectivity index (χ0v) is 23.6. The van der Waals surface area contributed by atoms with E-state index in [0.717, 1.165) is 0 Å². The molecule has 13 heteroatoms. The van der Waals surface area contributed by atoms with Gasteiger partial charge in [0.2, 0.25) is 11.8 Å². The Hall–Kier alpha value is -3.71. The fraction of sp³-hybridized carbons (Fsp3) is 0.367. The molecule has 1 saturated heterocycles. The Kier molecular flexibility index (Phi) is 9.21. The van der Waals surface area contributed by atoms with Crippen LogP contribution in [0.2, 0.25) is 5.02 Å². The van der Waals surface area contributed by atoms with Gasteiger partial charge in [-0.15, -0.1) is 0 Å². The van der Waals surface area contributed by atoms with Crippen molar-refractivity contribution < 1.29 is 37.0 Å². The molecule has 0 radical (unpaired) electrons. The molecule has 3 atom stereocenters. The third kappa shape index (κ3) is 7.63. The van der Waals surface area contributed by atoms with E-state index in [1.165, 1.54) is 41.1 Å². The van der Waals surface area contributed by atoms with Gasteiger partial charge in [-0.3, -0.25) is 14.4 Å². The molecular weight excluding hydrogens is 591 g/mol. The first-order valence-electron chi connectivity index (χ1n) is 13.6. The summed E-state index contributed by atoms with van der Waals surface area (Å²) in [6.45, 7) is 0.703. The highest BCUT2D eigenvalue weighted by molar-refractivity contribution is 6.30. The predicted octanol–water partition coefficient (Wildman–Crippen LogP) is 4.65. The number of amides is 2. The van der Waals surface area contributed by atoms with Crippen molar-refractivity contribution in [3.8, 4) is 11.1 Å². The lowest BCUT2D eigenvalue weighted by Gasteiger charge is -2.29. The van der Waals surface area contributed by atoms with Crippen molar-refractivity contribution in [2.45, 2.75) is 50.3 Å². The second-order valence-electron chi connectivity index (χ2n) is 10.5. The van der Waals surface area contributed by atoms with Crippen molar-refractivity contribution in [3.63, 3.8) is 0 Å². The van der Waals surface area contributed by atoms with Crippen molar-refractivity contribution in [2.24, 2.45) is 5.73 Å². The van der Waals surface area contributed by atoms with E-state index < -0.39 is 48.2 Å². The summed E-state index contributed by atoms with van der Waals surface area (Å²) < 4.78 is 58.3. The molecule has 1 fully saturated rings. The van der Waals surface area contributed by atoms with Crippen LogP contribution in [0.5, 0.6) is 0 Å². The fourth-order valence-electron chi connectivity index (χ4n) is 5.29. The average Bonchev–Trinajstić information content (AvgIpc) is 2.95. The number of nitrogens with zero attached hydrogens (tertiary/aromatic N) is 1. The lowest BCUT2D eigenvalue weighted by molar-refractivity contribution is -0.162. The van der Waals surface area contributed by atoms with Gasteiger partial charge in [0.25, 0.3) is 5.56 Å². The van der Waals surface area contributed by atoms with E-state index in [0.29, 0.717) is 46.2 Å². The number of nitrogens with one attached hydrogen (secondary N) is 1. The Labute approximate surface area is 249 Å². The number of rotatable bonds is 7. The molecule has 2 aromatic carbocycles. The summed E-state index contributed by atoms with van der Waals surface area (Å²) in [5.74, 6) is -1.17. The molecular formula is C30H29ClF3N3O6. The average molecular weight is 620 g/mol. The van der Waals surface area contributed by atoms with Crippen LogP contribution in [0.25, 0.3) is 11.1 Å². The van der Waals surface area contributed by atoms with Crippen molar-refractivity contribution in [1.29, 1.82) is 0 Å². The third-order valence-electron chi connectivity index (χ3n) is 7.35. The molecule has 5 rings (SSSR count). The van der Waals surface area contributed by atoms with Crippen LogP contribution in [-0.4, -0.2) is 54.6 Å². The first kappa shape index (κ1) is 30.7. The van der Waals surface area contributed by atoms with E-state index in [1.807, 2.05) is 0 Å². The number of hydrogen-bond acceptors (Lipinski definition) is 6. The molecule has 9 nitrogen and oxygen atoms in total. The van der Waals surface area contributed by atoms with E-state index in [9.17, 15) is 27.6 Å². The number of nitrogens with two attached hydrogens (primary N) is 1. The largest absolute Gasteiger partial charge is 0.391 e. The summed E-state index contributed by atoms with van der Waals surface area (Å²) >= 11 is 6.26. The highest BCUT2D eigenvalue weighted by atomic mass is 35.5. The Balaban J connectivity index is 1.53. The lowest BCUT2D eigenvalue weighted by atomic mass is 9.91. The van der Waals surface area contributed by atoms with E-state index in [2.05, 4.69) is 5.32 Å². The standard InChI is InChI=1S/C30H29ClF3N3O6/c31-20-4-1-18-9-22(13-30(32,33)34)43-15-19-14-37(27(38)12-25(19)24(18)10-20)26(11-23-16-41-7-8-42-23)29(40)36-21-5-2-17(3-6-21)28(35)39/h1-6,10,12,14,22-23,26H,7-9,11,13,15-16H2,(H2,35,39)(H,36,40)/t22-,23+,26-/m0/s1. The van der Waals surface area contributed by atoms with Crippen LogP contribution in [0, 0.1) is 0 Å². The number of ether oxygens (including phenoxy) is 3. The van der Waals surface area contributed by atoms with Crippen LogP contribution in [0.15, 0.2) is 59.5 Å². The summed E-state index contributed by atoms with van der Waals surface area (Å²) in [7, 11) is 0. The van der Waals surface area contributed by atoms with Crippen molar-refractivity contribution >= 4 is 29.1 Å². The van der Waals surface area contributed by atoms with Gasteiger partial charge < -0.3 is 29.8 Å². The van der Waals surface area contributed by atoms with Gasteiger partial charge in [0.1, 0.15) is 6.04 Å². The molecule has 2 aliphatic heterocycles. The number of alkyl halides is 3. The molecule has 3 aromatic rings. The zero-order chi connectivity index (χ0) is 30.7. The zero-order valence-electron chi connectivity index (χ0n) is 22.9. The molecule has 1 aromatic heterocycles. The molecule has 2 amide bonds. The highest BCUT2D eigenvalue weighted by Crippen LogP contribution is 2.35. The molecule has 0 aliphatic carbocycles. The van der Waals surface area contributed by atoms with Gasteiger partial charge in [0, 0.05) is 40.5 Å². The molecule has 0 bridgehead atoms. The minimum Gasteiger partial charge on any atom is -0.376 e. The van der Waals surface area contributed by atoms with E-state index >= 15 is 0 Å². The number of benzene rings is 2. The van der Waals surface area contributed by atoms with Crippen LogP contribution < -0.4 is 16.6 Å². The Morgan fingerprint density at radius 1 is 1.02 bits per heavy atom. The monoisotopic (exact) mass is 619 g/mol. The first-order chi connectivity index (χ1) is 20.5. The minimum absolute atomic E-state index is 0.0207. The highest BCUT2D eigenvalue weighted by Gasteiger charge is 2.35. The van der Waals surface area contributed by atoms with Gasteiger partial charge >= 0.3 is 6.18 Å². The summed E-state index contributed by atoms with van der Waals surface area (Å²) in [5.41, 5.74) is 7.36. The molecule has 0 saturated carbocycles. The first-order valence-corrected chi connectivity index (χ1v) is 14.0. The van der Waals surface area contributed by atoms with E-state index in [4.69, 9.17) is 31.5 Å². The number of anilines is 1. The number of primary amides is 1. The Morgan fingerprint density at radius 3 is 2.44 bits per heavy atom. The molecule has 43 heavy (non-hydrogen) atoms. The van der Waals surface area contributed by atoms with Crippen LogP contribution in [0.1, 0.15) is 40.4 Å². The van der Waals surface area contributed by atoms with Gasteiger partial charge in [-0.25, -0.2) is 0 Å². The summed E-state index contributed by atoms with van der Waals surface area (Å²) in [5, 5.41) is 3.12. The number of aromatic nitrogens is 1. The predicted molar refractivity (Wildman–Crippen MR) is 152 cm³/mol. The van der Waals surface area contributed by atoms with Gasteiger partial charge in [0.15, 0.2) is 0 Å². The maximum absolute atomic E-state index is 13.7. The third-order valence-corrected chi connectivity index (χ3v) is 7.59. The summed E-state index contributed by atoms with van der Waals surface area (Å²) in [4.78, 5) is 38.7. The molecule has 2 aliphatic rings. The number of carbonyl (C=O) groups is 2. The van der Waals surface area contributed by atoms with Gasteiger partial charge in [-0.05, 0) is 59.5 Å². The Morgan fingerprint density at radius 2 is 1.77 bits per heavy atom. The fourth-order valence-corrected chi connectivity index (χ4v) is 5.46. The van der Waals surface area contributed by atoms with Crippen LogP contribution in [0.4, 0.5) is 18.9 Å². The van der Waals surface area contributed by atoms with Crippen LogP contribution >= 0.6 is 11.6 Å². The Bertz CT molecular complexity index is 1550. The quantitative estimate of drug-likeness (QED) is 0.397. The summed E-state index contributed by atoms with van der Waals surface area (Å²) in [6, 6.07) is 11.0. The van der Waals surface area contributed by atoms with Crippen molar-refractivity contribution in [2.75, 3.05) is 25.1 Å². The molecule has 3 N–H and O–H groups in total. The maximum atomic E-state index is 13.7. The number of carbonyl (C=O) groups excluding carboxylic acids is 2. The molecule has 3 heterocycles. The van der Waals surface area contributed by atoms with Crippen molar-refractivity contribution in [3.05, 3.63) is 86.8 Å². The van der Waals surface area contributed by atoms with Crippen molar-refractivity contribution in [1.82, 2.24) is 4.57 Å².